The fourth-order valence-corrected chi connectivity index (χ4v) is 3.70. The topological polar surface area (TPSA) is 58.6 Å². The van der Waals surface area contributed by atoms with Crippen LogP contribution in [0, 0.1) is 5.82 Å². The number of nitrogens with one attached hydrogen (secondary N) is 1. The maximum absolute atomic E-state index is 13.1. The normalized spacial score (nSPS) is 13.2. The molecule has 1 aliphatic rings. The number of halogens is 3. The second kappa shape index (κ2) is 9.59. The van der Waals surface area contributed by atoms with Gasteiger partial charge >= 0.3 is 0 Å². The number of benzene rings is 3. The van der Waals surface area contributed by atoms with Crippen molar-refractivity contribution in [3.8, 4) is 5.75 Å². The Morgan fingerprint density at radius 3 is 2.56 bits per heavy atom. The fourth-order valence-electron chi connectivity index (χ4n) is 3.41. The van der Waals surface area contributed by atoms with E-state index in [9.17, 15) is 14.0 Å². The van der Waals surface area contributed by atoms with Gasteiger partial charge in [-0.2, -0.15) is 0 Å². The molecule has 5 nitrogen and oxygen atoms in total. The minimum absolute atomic E-state index is 0.0641. The van der Waals surface area contributed by atoms with Crippen molar-refractivity contribution in [2.24, 2.45) is 0 Å². The van der Waals surface area contributed by atoms with E-state index in [1.807, 2.05) is 0 Å². The Kier molecular flexibility index (Phi) is 6.63. The van der Waals surface area contributed by atoms with Crippen molar-refractivity contribution in [3.05, 3.63) is 93.2 Å². The van der Waals surface area contributed by atoms with E-state index in [-0.39, 0.29) is 24.2 Å². The van der Waals surface area contributed by atoms with Gasteiger partial charge in [-0.3, -0.25) is 9.59 Å². The molecule has 3 aromatic rings. The van der Waals surface area contributed by atoms with Crippen molar-refractivity contribution in [2.75, 3.05) is 18.5 Å². The van der Waals surface area contributed by atoms with Crippen LogP contribution in [0.2, 0.25) is 10.0 Å². The highest BCUT2D eigenvalue weighted by Crippen LogP contribution is 2.28. The van der Waals surface area contributed by atoms with Crippen LogP contribution in [0.5, 0.6) is 5.75 Å². The standard InChI is InChI=1S/C24H19Cl2FN2O3/c25-20-7-3-16(12-21(20)26)24(31)28-19-6-8-22-17(11-19)13-29(23(30)14-32-22)10-9-15-1-4-18(27)5-2-15/h1-8,11-12H,9-10,13-14H2,(H,28,31). The Bertz CT molecular complexity index is 1170. The average Bonchev–Trinajstić information content (AvgIpc) is 2.93. The zero-order valence-corrected chi connectivity index (χ0v) is 18.4. The summed E-state index contributed by atoms with van der Waals surface area (Å²) in [6, 6.07) is 16.1. The van der Waals surface area contributed by atoms with Gasteiger partial charge in [-0.25, -0.2) is 4.39 Å². The molecule has 0 saturated carbocycles. The van der Waals surface area contributed by atoms with Crippen LogP contribution in [-0.2, 0) is 17.8 Å². The van der Waals surface area contributed by atoms with E-state index in [2.05, 4.69) is 5.32 Å². The lowest BCUT2D eigenvalue weighted by Crippen LogP contribution is -2.34. The van der Waals surface area contributed by atoms with Crippen LogP contribution >= 0.6 is 23.2 Å². The zero-order chi connectivity index (χ0) is 22.7. The summed E-state index contributed by atoms with van der Waals surface area (Å²) < 4.78 is 18.8. The molecule has 0 saturated heterocycles. The summed E-state index contributed by atoms with van der Waals surface area (Å²) in [6.45, 7) is 0.740. The first kappa shape index (κ1) is 22.1. The number of rotatable bonds is 5. The molecule has 0 unspecified atom stereocenters. The predicted octanol–water partition coefficient (Wildman–Crippen LogP) is 5.35. The van der Waals surface area contributed by atoms with Crippen LogP contribution in [0.25, 0.3) is 0 Å². The Morgan fingerprint density at radius 2 is 1.81 bits per heavy atom. The Balaban J connectivity index is 1.47. The van der Waals surface area contributed by atoms with Crippen molar-refractivity contribution in [1.29, 1.82) is 0 Å². The molecule has 0 bridgehead atoms. The summed E-state index contributed by atoms with van der Waals surface area (Å²) in [7, 11) is 0. The molecule has 0 spiro atoms. The van der Waals surface area contributed by atoms with Gasteiger partial charge in [-0.15, -0.1) is 0 Å². The summed E-state index contributed by atoms with van der Waals surface area (Å²) in [5, 5.41) is 3.50. The molecule has 1 aliphatic heterocycles. The number of nitrogens with zero attached hydrogens (tertiary/aromatic N) is 1. The Morgan fingerprint density at radius 1 is 1.03 bits per heavy atom. The fraction of sp³-hybridized carbons (Fsp3) is 0.167. The lowest BCUT2D eigenvalue weighted by Gasteiger charge is -2.20. The Labute approximate surface area is 194 Å². The molecule has 0 aliphatic carbocycles. The van der Waals surface area contributed by atoms with E-state index in [0.29, 0.717) is 46.6 Å². The van der Waals surface area contributed by atoms with Crippen molar-refractivity contribution in [1.82, 2.24) is 4.90 Å². The van der Waals surface area contributed by atoms with Gasteiger partial charge in [-0.1, -0.05) is 35.3 Å². The highest BCUT2D eigenvalue weighted by atomic mass is 35.5. The van der Waals surface area contributed by atoms with E-state index < -0.39 is 0 Å². The number of carbonyl (C=O) groups excluding carboxylic acids is 2. The summed E-state index contributed by atoms with van der Waals surface area (Å²) in [5.41, 5.74) is 2.66. The molecule has 0 aromatic heterocycles. The van der Waals surface area contributed by atoms with Gasteiger partial charge in [0.15, 0.2) is 6.61 Å². The maximum Gasteiger partial charge on any atom is 0.260 e. The van der Waals surface area contributed by atoms with Gasteiger partial charge < -0.3 is 15.0 Å². The molecule has 164 valence electrons. The summed E-state index contributed by atoms with van der Waals surface area (Å²) >= 11 is 11.9. The van der Waals surface area contributed by atoms with Gasteiger partial charge in [0.2, 0.25) is 0 Å². The summed E-state index contributed by atoms with van der Waals surface area (Å²) in [5.74, 6) is -0.167. The molecule has 8 heteroatoms. The molecule has 0 fully saturated rings. The number of hydrogen-bond donors (Lipinski definition) is 1. The molecule has 0 radical (unpaired) electrons. The van der Waals surface area contributed by atoms with Crippen LogP contribution in [0.4, 0.5) is 10.1 Å². The molecular formula is C24H19Cl2FN2O3. The number of amides is 2. The molecule has 3 aromatic carbocycles. The van der Waals surface area contributed by atoms with E-state index in [1.165, 1.54) is 18.2 Å². The quantitative estimate of drug-likeness (QED) is 0.544. The van der Waals surface area contributed by atoms with E-state index in [0.717, 1.165) is 11.1 Å². The monoisotopic (exact) mass is 472 g/mol. The first-order chi connectivity index (χ1) is 15.4. The number of carbonyl (C=O) groups is 2. The van der Waals surface area contributed by atoms with Gasteiger partial charge in [0.25, 0.3) is 11.8 Å². The first-order valence-corrected chi connectivity index (χ1v) is 10.7. The summed E-state index contributed by atoms with van der Waals surface area (Å²) in [4.78, 5) is 26.8. The van der Waals surface area contributed by atoms with Crippen LogP contribution in [0.1, 0.15) is 21.5 Å². The first-order valence-electron chi connectivity index (χ1n) is 9.93. The molecule has 0 atom stereocenters. The highest BCUT2D eigenvalue weighted by molar-refractivity contribution is 6.42. The van der Waals surface area contributed by atoms with E-state index in [1.54, 1.807) is 47.4 Å². The predicted molar refractivity (Wildman–Crippen MR) is 122 cm³/mol. The molecule has 4 rings (SSSR count). The largest absolute Gasteiger partial charge is 0.483 e. The minimum atomic E-state index is -0.331. The lowest BCUT2D eigenvalue weighted by molar-refractivity contribution is -0.133. The molecule has 2 amide bonds. The smallest absolute Gasteiger partial charge is 0.260 e. The van der Waals surface area contributed by atoms with Crippen molar-refractivity contribution < 1.29 is 18.7 Å². The van der Waals surface area contributed by atoms with Crippen molar-refractivity contribution >= 4 is 40.7 Å². The second-order valence-corrected chi connectivity index (χ2v) is 8.20. The third-order valence-electron chi connectivity index (χ3n) is 5.15. The minimum Gasteiger partial charge on any atom is -0.483 e. The van der Waals surface area contributed by atoms with Gasteiger partial charge in [0, 0.05) is 29.9 Å². The second-order valence-electron chi connectivity index (χ2n) is 7.39. The van der Waals surface area contributed by atoms with Crippen LogP contribution in [0.15, 0.2) is 60.7 Å². The summed E-state index contributed by atoms with van der Waals surface area (Å²) in [6.07, 6.45) is 0.592. The van der Waals surface area contributed by atoms with Crippen molar-refractivity contribution in [3.63, 3.8) is 0 Å². The molecule has 1 heterocycles. The third kappa shape index (κ3) is 5.21. The number of ether oxygens (including phenoxy) is 1. The highest BCUT2D eigenvalue weighted by Gasteiger charge is 2.22. The van der Waals surface area contributed by atoms with Crippen LogP contribution in [0.3, 0.4) is 0 Å². The Hall–Kier alpha value is -3.09. The van der Waals surface area contributed by atoms with Crippen LogP contribution in [-0.4, -0.2) is 29.9 Å². The lowest BCUT2D eigenvalue weighted by atomic mass is 10.1. The third-order valence-corrected chi connectivity index (χ3v) is 5.89. The van der Waals surface area contributed by atoms with Crippen LogP contribution < -0.4 is 10.1 Å². The number of fused-ring (bicyclic) bond motifs is 1. The molecular weight excluding hydrogens is 454 g/mol. The van der Waals surface area contributed by atoms with Gasteiger partial charge in [0.05, 0.1) is 10.0 Å². The maximum atomic E-state index is 13.1. The van der Waals surface area contributed by atoms with E-state index >= 15 is 0 Å². The van der Waals surface area contributed by atoms with E-state index in [4.69, 9.17) is 27.9 Å². The SMILES string of the molecule is O=C(Nc1ccc2c(c1)CN(CCc1ccc(F)cc1)C(=O)CO2)c1ccc(Cl)c(Cl)c1. The molecule has 32 heavy (non-hydrogen) atoms. The van der Waals surface area contributed by atoms with Crippen molar-refractivity contribution in [2.45, 2.75) is 13.0 Å². The average molecular weight is 473 g/mol. The number of anilines is 1. The van der Waals surface area contributed by atoms with Gasteiger partial charge in [-0.05, 0) is 60.5 Å². The number of hydrogen-bond acceptors (Lipinski definition) is 3. The molecule has 1 N–H and O–H groups in total. The van der Waals surface area contributed by atoms with Gasteiger partial charge in [0.1, 0.15) is 11.6 Å². The zero-order valence-electron chi connectivity index (χ0n) is 16.9.